The lowest BCUT2D eigenvalue weighted by molar-refractivity contribution is 0.531. The molecule has 0 N–H and O–H groups in total. The van der Waals surface area contributed by atoms with Crippen molar-refractivity contribution in [2.75, 3.05) is 0 Å². The molecule has 1 aromatic carbocycles. The van der Waals surface area contributed by atoms with Crippen LogP contribution in [0.5, 0.6) is 0 Å². The minimum absolute atomic E-state index is 0.276. The molecule has 3 nitrogen and oxygen atoms in total. The molecule has 1 aromatic heterocycles. The van der Waals surface area contributed by atoms with Gasteiger partial charge in [-0.1, -0.05) is 22.6 Å². The maximum absolute atomic E-state index is 12.6. The van der Waals surface area contributed by atoms with Gasteiger partial charge in [0.15, 0.2) is 0 Å². The van der Waals surface area contributed by atoms with E-state index < -0.39 is 0 Å². The van der Waals surface area contributed by atoms with Gasteiger partial charge < -0.3 is 4.42 Å². The van der Waals surface area contributed by atoms with Crippen LogP contribution < -0.4 is 0 Å². The Morgan fingerprint density at radius 3 is 2.50 bits per heavy atom. The van der Waals surface area contributed by atoms with Crippen LogP contribution in [0.4, 0.5) is 4.39 Å². The van der Waals surface area contributed by atoms with Gasteiger partial charge in [0, 0.05) is 5.56 Å². The lowest BCUT2D eigenvalue weighted by Crippen LogP contribution is -1.78. The summed E-state index contributed by atoms with van der Waals surface area (Å²) >= 11 is 2.14. The highest BCUT2D eigenvalue weighted by Crippen LogP contribution is 2.18. The number of hydrogen-bond acceptors (Lipinski definition) is 3. The van der Waals surface area contributed by atoms with E-state index in [-0.39, 0.29) is 5.82 Å². The van der Waals surface area contributed by atoms with Crippen molar-refractivity contribution in [2.45, 2.75) is 4.43 Å². The van der Waals surface area contributed by atoms with E-state index in [2.05, 4.69) is 32.8 Å². The number of halogens is 2. The van der Waals surface area contributed by atoms with Crippen molar-refractivity contribution < 1.29 is 8.81 Å². The van der Waals surface area contributed by atoms with Gasteiger partial charge in [-0.25, -0.2) is 4.39 Å². The van der Waals surface area contributed by atoms with Gasteiger partial charge in [0.1, 0.15) is 5.82 Å². The summed E-state index contributed by atoms with van der Waals surface area (Å²) in [4.78, 5) is 0. The van der Waals surface area contributed by atoms with Crippen LogP contribution in [-0.2, 0) is 4.43 Å². The first-order valence-electron chi connectivity index (χ1n) is 3.94. The standard InChI is InChI=1S/C9H6FIN2O/c10-7-3-1-6(2-4-7)9-13-12-8(5-11)14-9/h1-4H,5H2. The largest absolute Gasteiger partial charge is 0.420 e. The first-order chi connectivity index (χ1) is 6.79. The van der Waals surface area contributed by atoms with Crippen molar-refractivity contribution in [1.82, 2.24) is 10.2 Å². The number of rotatable bonds is 2. The summed E-state index contributed by atoms with van der Waals surface area (Å²) in [6, 6.07) is 5.95. The molecular formula is C9H6FIN2O. The SMILES string of the molecule is Fc1ccc(-c2nnc(CI)o2)cc1. The quantitative estimate of drug-likeness (QED) is 0.632. The second kappa shape index (κ2) is 4.04. The Labute approximate surface area is 93.5 Å². The topological polar surface area (TPSA) is 38.9 Å². The average molecular weight is 304 g/mol. The minimum Gasteiger partial charge on any atom is -0.420 e. The lowest BCUT2D eigenvalue weighted by Gasteiger charge is -1.92. The van der Waals surface area contributed by atoms with Gasteiger partial charge in [-0.2, -0.15) is 0 Å². The molecule has 0 aliphatic heterocycles. The Morgan fingerprint density at radius 1 is 1.21 bits per heavy atom. The molecule has 0 fully saturated rings. The van der Waals surface area contributed by atoms with E-state index in [9.17, 15) is 4.39 Å². The molecule has 0 aliphatic carbocycles. The molecule has 0 spiro atoms. The van der Waals surface area contributed by atoms with E-state index in [0.717, 1.165) is 5.56 Å². The number of hydrogen-bond donors (Lipinski definition) is 0. The second-order valence-electron chi connectivity index (χ2n) is 2.64. The summed E-state index contributed by atoms with van der Waals surface area (Å²) in [7, 11) is 0. The van der Waals surface area contributed by atoms with Crippen LogP contribution in [0.2, 0.25) is 0 Å². The van der Waals surface area contributed by atoms with Crippen molar-refractivity contribution in [1.29, 1.82) is 0 Å². The summed E-state index contributed by atoms with van der Waals surface area (Å²) in [5.41, 5.74) is 0.731. The van der Waals surface area contributed by atoms with Crippen molar-refractivity contribution in [3.8, 4) is 11.5 Å². The van der Waals surface area contributed by atoms with Crippen LogP contribution in [0.15, 0.2) is 28.7 Å². The maximum Gasteiger partial charge on any atom is 0.247 e. The third kappa shape index (κ3) is 1.92. The second-order valence-corrected chi connectivity index (χ2v) is 3.40. The molecule has 5 heteroatoms. The molecule has 0 radical (unpaired) electrons. The van der Waals surface area contributed by atoms with Gasteiger partial charge in [-0.3, -0.25) is 0 Å². The molecule has 1 heterocycles. The molecule has 0 saturated carbocycles. The van der Waals surface area contributed by atoms with Crippen LogP contribution in [0.3, 0.4) is 0 Å². The molecule has 0 saturated heterocycles. The molecule has 2 aromatic rings. The van der Waals surface area contributed by atoms with Crippen LogP contribution in [0.25, 0.3) is 11.5 Å². The fraction of sp³-hybridized carbons (Fsp3) is 0.111. The Kier molecular flexibility index (Phi) is 2.76. The Hall–Kier alpha value is -0.980. The van der Waals surface area contributed by atoms with Gasteiger partial charge in [0.25, 0.3) is 0 Å². The summed E-state index contributed by atoms with van der Waals surface area (Å²) in [6.45, 7) is 0. The van der Waals surface area contributed by atoms with E-state index in [4.69, 9.17) is 4.42 Å². The molecular weight excluding hydrogens is 298 g/mol. The zero-order valence-electron chi connectivity index (χ0n) is 7.08. The first kappa shape index (κ1) is 9.57. The number of nitrogens with zero attached hydrogens (tertiary/aromatic N) is 2. The maximum atomic E-state index is 12.6. The monoisotopic (exact) mass is 304 g/mol. The van der Waals surface area contributed by atoms with E-state index in [1.54, 1.807) is 12.1 Å². The molecule has 2 rings (SSSR count). The zero-order chi connectivity index (χ0) is 9.97. The molecule has 0 bridgehead atoms. The molecule has 14 heavy (non-hydrogen) atoms. The number of benzene rings is 1. The predicted molar refractivity (Wildman–Crippen MR) is 57.4 cm³/mol. The van der Waals surface area contributed by atoms with E-state index in [1.165, 1.54) is 12.1 Å². The normalized spacial score (nSPS) is 10.4. The summed E-state index contributed by atoms with van der Waals surface area (Å²) in [5, 5.41) is 7.66. The van der Waals surface area contributed by atoms with Crippen molar-refractivity contribution >= 4 is 22.6 Å². The van der Waals surface area contributed by atoms with Crippen molar-refractivity contribution in [3.05, 3.63) is 36.0 Å². The first-order valence-corrected chi connectivity index (χ1v) is 5.46. The summed E-state index contributed by atoms with van der Waals surface area (Å²) in [6.07, 6.45) is 0. The summed E-state index contributed by atoms with van der Waals surface area (Å²) in [5.74, 6) is 0.726. The smallest absolute Gasteiger partial charge is 0.247 e. The van der Waals surface area contributed by atoms with Crippen LogP contribution in [0, 0.1) is 5.82 Å². The van der Waals surface area contributed by atoms with Gasteiger partial charge >= 0.3 is 0 Å². The highest BCUT2D eigenvalue weighted by atomic mass is 127. The van der Waals surface area contributed by atoms with Crippen molar-refractivity contribution in [2.24, 2.45) is 0 Å². The Morgan fingerprint density at radius 2 is 1.93 bits per heavy atom. The lowest BCUT2D eigenvalue weighted by atomic mass is 10.2. The van der Waals surface area contributed by atoms with Crippen LogP contribution >= 0.6 is 22.6 Å². The highest BCUT2D eigenvalue weighted by Gasteiger charge is 2.06. The zero-order valence-corrected chi connectivity index (χ0v) is 9.23. The molecule has 0 aliphatic rings. The fourth-order valence-electron chi connectivity index (χ4n) is 1.02. The van der Waals surface area contributed by atoms with E-state index >= 15 is 0 Å². The van der Waals surface area contributed by atoms with E-state index in [1.807, 2.05) is 0 Å². The number of alkyl halides is 1. The Bertz CT molecular complexity index is 427. The van der Waals surface area contributed by atoms with Gasteiger partial charge in [0.05, 0.1) is 4.43 Å². The third-order valence-corrected chi connectivity index (χ3v) is 2.32. The molecule has 72 valence electrons. The van der Waals surface area contributed by atoms with E-state index in [0.29, 0.717) is 16.2 Å². The van der Waals surface area contributed by atoms with Crippen LogP contribution in [-0.4, -0.2) is 10.2 Å². The Balaban J connectivity index is 2.34. The molecule has 0 unspecified atom stereocenters. The van der Waals surface area contributed by atoms with Gasteiger partial charge in [0.2, 0.25) is 11.8 Å². The van der Waals surface area contributed by atoms with Crippen molar-refractivity contribution in [3.63, 3.8) is 0 Å². The molecule has 0 amide bonds. The predicted octanol–water partition coefficient (Wildman–Crippen LogP) is 2.81. The minimum atomic E-state index is -0.276. The van der Waals surface area contributed by atoms with Gasteiger partial charge in [-0.05, 0) is 24.3 Å². The fourth-order valence-corrected chi connectivity index (χ4v) is 1.32. The van der Waals surface area contributed by atoms with Gasteiger partial charge in [-0.15, -0.1) is 10.2 Å². The average Bonchev–Trinajstić information content (AvgIpc) is 2.67. The molecule has 0 atom stereocenters. The number of aromatic nitrogens is 2. The van der Waals surface area contributed by atoms with Crippen LogP contribution in [0.1, 0.15) is 5.89 Å². The summed E-state index contributed by atoms with van der Waals surface area (Å²) < 4.78 is 18.6. The highest BCUT2D eigenvalue weighted by molar-refractivity contribution is 14.1. The third-order valence-electron chi connectivity index (χ3n) is 1.67.